The molecule has 13 heteroatoms. The minimum Gasteiger partial charge on any atom is -0.467 e. The number of ether oxygens (including phenoxy) is 2. The number of nitrogen functional groups attached to an aromatic ring is 1. The number of carbonyl (C=O) groups is 1. The fraction of sp³-hybridized carbons (Fsp3) is 0.304. The summed E-state index contributed by atoms with van der Waals surface area (Å²) in [6.45, 7) is 1.27. The van der Waals surface area contributed by atoms with Crippen molar-refractivity contribution in [3.05, 3.63) is 34.9 Å². The Morgan fingerprint density at radius 3 is 2.86 bits per heavy atom. The van der Waals surface area contributed by atoms with Gasteiger partial charge in [0.2, 0.25) is 5.91 Å². The summed E-state index contributed by atoms with van der Waals surface area (Å²) in [6.07, 6.45) is 0. The zero-order chi connectivity index (χ0) is 25.6. The van der Waals surface area contributed by atoms with Crippen LogP contribution in [0, 0.1) is 17.6 Å². The van der Waals surface area contributed by atoms with E-state index in [1.807, 2.05) is 4.90 Å². The maximum Gasteiger partial charge on any atom is 0.318 e. The molecule has 9 nitrogen and oxygen atoms in total. The fourth-order valence-corrected chi connectivity index (χ4v) is 5.36. The molecule has 3 heterocycles. The van der Waals surface area contributed by atoms with Crippen LogP contribution in [0.25, 0.3) is 32.2 Å². The van der Waals surface area contributed by atoms with Crippen molar-refractivity contribution in [2.75, 3.05) is 51.1 Å². The van der Waals surface area contributed by atoms with Gasteiger partial charge in [0.15, 0.2) is 10.9 Å². The molecule has 0 saturated carbocycles. The Morgan fingerprint density at radius 1 is 1.31 bits per heavy atom. The molecule has 4 aromatic rings. The monoisotopic (exact) mass is 534 g/mol. The van der Waals surface area contributed by atoms with E-state index in [1.54, 1.807) is 13.1 Å². The quantitative estimate of drug-likeness (QED) is 0.408. The first-order valence-electron chi connectivity index (χ1n) is 10.9. The highest BCUT2D eigenvalue weighted by Crippen LogP contribution is 2.42. The van der Waals surface area contributed by atoms with Crippen LogP contribution in [0.3, 0.4) is 0 Å². The summed E-state index contributed by atoms with van der Waals surface area (Å²) in [5.74, 6) is -1.54. The van der Waals surface area contributed by atoms with E-state index in [0.29, 0.717) is 24.4 Å². The standard InChI is InChI=1S/C23H21ClF2N6O3S/c1-28-21(33)10-8-32(5-6-35-9-10)20-12-7-13(24)15(16(26)17(12)30-23(31-20)34-2)11-3-4-14(25)19-18(11)29-22(27)36-19/h3-4,7,10H,5-6,8-9H2,1-2H3,(H2,27,29)(H,28,33). The lowest BCUT2D eigenvalue weighted by atomic mass is 10.0. The van der Waals surface area contributed by atoms with Gasteiger partial charge in [0.05, 0.1) is 41.5 Å². The number of nitrogens with zero attached hydrogens (tertiary/aromatic N) is 4. The number of nitrogens with two attached hydrogens (primary N) is 1. The lowest BCUT2D eigenvalue weighted by molar-refractivity contribution is -0.125. The summed E-state index contributed by atoms with van der Waals surface area (Å²) < 4.78 is 41.6. The zero-order valence-electron chi connectivity index (χ0n) is 19.3. The molecule has 188 valence electrons. The van der Waals surface area contributed by atoms with Gasteiger partial charge in [0.25, 0.3) is 0 Å². The van der Waals surface area contributed by atoms with Crippen molar-refractivity contribution in [3.63, 3.8) is 0 Å². The van der Waals surface area contributed by atoms with Gasteiger partial charge in [-0.2, -0.15) is 9.97 Å². The highest BCUT2D eigenvalue weighted by Gasteiger charge is 2.29. The summed E-state index contributed by atoms with van der Waals surface area (Å²) in [6, 6.07) is 4.12. The van der Waals surface area contributed by atoms with Gasteiger partial charge >= 0.3 is 6.01 Å². The van der Waals surface area contributed by atoms with Gasteiger partial charge in [-0.15, -0.1) is 0 Å². The van der Waals surface area contributed by atoms with Crippen molar-refractivity contribution in [3.8, 4) is 17.1 Å². The molecule has 0 aliphatic carbocycles. The maximum absolute atomic E-state index is 16.2. The molecule has 1 amide bonds. The molecule has 2 aromatic heterocycles. The number of rotatable bonds is 4. The molecule has 3 N–H and O–H groups in total. The van der Waals surface area contributed by atoms with Gasteiger partial charge in [-0.1, -0.05) is 22.9 Å². The summed E-state index contributed by atoms with van der Waals surface area (Å²) in [5.41, 5.74) is 6.25. The van der Waals surface area contributed by atoms with Crippen molar-refractivity contribution in [2.24, 2.45) is 5.92 Å². The van der Waals surface area contributed by atoms with Crippen molar-refractivity contribution in [1.29, 1.82) is 0 Å². The summed E-state index contributed by atoms with van der Waals surface area (Å²) in [7, 11) is 2.93. The Morgan fingerprint density at radius 2 is 2.11 bits per heavy atom. The molecule has 1 aliphatic heterocycles. The molecular weight excluding hydrogens is 514 g/mol. The lowest BCUT2D eigenvalue weighted by Gasteiger charge is -2.25. The van der Waals surface area contributed by atoms with Crippen LogP contribution in [-0.2, 0) is 9.53 Å². The first-order chi connectivity index (χ1) is 17.3. The normalized spacial score (nSPS) is 16.4. The van der Waals surface area contributed by atoms with Gasteiger partial charge in [-0.25, -0.2) is 13.8 Å². The summed E-state index contributed by atoms with van der Waals surface area (Å²) >= 11 is 7.59. The molecule has 2 aromatic carbocycles. The number of halogens is 3. The second-order valence-electron chi connectivity index (χ2n) is 8.13. The average Bonchev–Trinajstić information content (AvgIpc) is 3.11. The lowest BCUT2D eigenvalue weighted by Crippen LogP contribution is -2.38. The number of carbonyl (C=O) groups excluding carboxylic acids is 1. The van der Waals surface area contributed by atoms with Gasteiger partial charge in [-0.05, 0) is 18.2 Å². The van der Waals surface area contributed by atoms with E-state index in [1.165, 1.54) is 19.2 Å². The first kappa shape index (κ1) is 24.3. The van der Waals surface area contributed by atoms with Crippen molar-refractivity contribution in [2.45, 2.75) is 0 Å². The minimum absolute atomic E-state index is 0.00797. The van der Waals surface area contributed by atoms with Crippen LogP contribution < -0.4 is 20.7 Å². The van der Waals surface area contributed by atoms with E-state index in [0.717, 1.165) is 11.3 Å². The fourth-order valence-electron chi connectivity index (χ4n) is 4.30. The van der Waals surface area contributed by atoms with Crippen LogP contribution in [0.4, 0.5) is 19.7 Å². The predicted octanol–water partition coefficient (Wildman–Crippen LogP) is 3.63. The highest BCUT2D eigenvalue weighted by molar-refractivity contribution is 7.22. The van der Waals surface area contributed by atoms with E-state index in [-0.39, 0.29) is 62.1 Å². The van der Waals surface area contributed by atoms with Gasteiger partial charge in [0.1, 0.15) is 17.2 Å². The molecule has 36 heavy (non-hydrogen) atoms. The maximum atomic E-state index is 16.2. The Hall–Kier alpha value is -3.35. The van der Waals surface area contributed by atoms with Crippen LogP contribution in [0.5, 0.6) is 6.01 Å². The smallest absolute Gasteiger partial charge is 0.318 e. The summed E-state index contributed by atoms with van der Waals surface area (Å²) in [4.78, 5) is 27.1. The van der Waals surface area contributed by atoms with E-state index in [2.05, 4.69) is 20.3 Å². The Bertz CT molecular complexity index is 1500. The number of benzene rings is 2. The van der Waals surface area contributed by atoms with Crippen molar-refractivity contribution in [1.82, 2.24) is 20.3 Å². The number of methoxy groups -OCH3 is 1. The molecule has 0 radical (unpaired) electrons. The minimum atomic E-state index is -0.743. The van der Waals surface area contributed by atoms with Crippen LogP contribution in [0.1, 0.15) is 0 Å². The van der Waals surface area contributed by atoms with Crippen LogP contribution in [-0.4, -0.2) is 61.3 Å². The molecule has 1 atom stereocenters. The zero-order valence-corrected chi connectivity index (χ0v) is 20.8. The molecule has 1 fully saturated rings. The van der Waals surface area contributed by atoms with Crippen LogP contribution in [0.2, 0.25) is 5.02 Å². The van der Waals surface area contributed by atoms with E-state index >= 15 is 4.39 Å². The number of nitrogens with one attached hydrogen (secondary N) is 1. The van der Waals surface area contributed by atoms with Crippen LogP contribution >= 0.6 is 22.9 Å². The topological polar surface area (TPSA) is 115 Å². The molecule has 1 aliphatic rings. The third-order valence-electron chi connectivity index (χ3n) is 5.99. The second-order valence-corrected chi connectivity index (χ2v) is 9.57. The molecule has 0 spiro atoms. The number of thiazole rings is 1. The average molecular weight is 535 g/mol. The number of hydrogen-bond donors (Lipinski definition) is 2. The van der Waals surface area contributed by atoms with Gasteiger partial charge in [0, 0.05) is 36.7 Å². The van der Waals surface area contributed by atoms with Gasteiger partial charge < -0.3 is 25.4 Å². The third-order valence-corrected chi connectivity index (χ3v) is 7.18. The Kier molecular flexibility index (Phi) is 6.49. The first-order valence-corrected chi connectivity index (χ1v) is 12.1. The number of fused-ring (bicyclic) bond motifs is 2. The molecule has 5 rings (SSSR count). The molecule has 1 saturated heterocycles. The van der Waals surface area contributed by atoms with E-state index in [4.69, 9.17) is 26.8 Å². The Labute approximate surface area is 213 Å². The molecule has 0 bridgehead atoms. The highest BCUT2D eigenvalue weighted by atomic mass is 35.5. The number of amides is 1. The molecule has 1 unspecified atom stereocenters. The molecular formula is C23H21ClF2N6O3S. The summed E-state index contributed by atoms with van der Waals surface area (Å²) in [5, 5.41) is 3.17. The van der Waals surface area contributed by atoms with Crippen LogP contribution in [0.15, 0.2) is 18.2 Å². The number of anilines is 2. The SMILES string of the molecule is CNC(=O)C1COCCN(c2nc(OC)nc3c(F)c(-c4ccc(F)c5sc(N)nc45)c(Cl)cc23)C1. The predicted molar refractivity (Wildman–Crippen MR) is 135 cm³/mol. The second kappa shape index (κ2) is 9.60. The Balaban J connectivity index is 1.72. The largest absolute Gasteiger partial charge is 0.467 e. The third kappa shape index (κ3) is 4.14. The number of hydrogen-bond acceptors (Lipinski definition) is 9. The van der Waals surface area contributed by atoms with E-state index < -0.39 is 17.6 Å². The van der Waals surface area contributed by atoms with E-state index in [9.17, 15) is 9.18 Å². The number of aromatic nitrogens is 3. The van der Waals surface area contributed by atoms with Crippen molar-refractivity contribution < 1.29 is 23.0 Å². The van der Waals surface area contributed by atoms with Crippen molar-refractivity contribution >= 4 is 60.9 Å². The van der Waals surface area contributed by atoms with Gasteiger partial charge in [-0.3, -0.25) is 4.79 Å².